The monoisotopic (exact) mass is 559 g/mol. The Morgan fingerprint density at radius 3 is 2.28 bits per heavy atom. The van der Waals surface area contributed by atoms with Crippen molar-refractivity contribution < 1.29 is 14.0 Å². The van der Waals surface area contributed by atoms with Crippen molar-refractivity contribution in [1.82, 2.24) is 4.90 Å². The van der Waals surface area contributed by atoms with Crippen LogP contribution < -0.4 is 10.2 Å². The Hall–Kier alpha value is -4.00. The Balaban J connectivity index is 1.12. The molecule has 0 spiro atoms. The van der Waals surface area contributed by atoms with Crippen LogP contribution in [0.3, 0.4) is 0 Å². The molecule has 39 heavy (non-hydrogen) atoms. The Bertz CT molecular complexity index is 1500. The minimum absolute atomic E-state index is 0.0164. The molecule has 2 amide bonds. The molecule has 8 heteroatoms. The third kappa shape index (κ3) is 6.53. The molecular formula is C31H27Cl2N3O3. The quantitative estimate of drug-likeness (QED) is 0.254. The first-order valence-electron chi connectivity index (χ1n) is 12.6. The van der Waals surface area contributed by atoms with Gasteiger partial charge in [0.15, 0.2) is 0 Å². The van der Waals surface area contributed by atoms with Gasteiger partial charge in [0.05, 0.1) is 0 Å². The van der Waals surface area contributed by atoms with E-state index in [0.29, 0.717) is 45.9 Å². The van der Waals surface area contributed by atoms with Crippen LogP contribution in [0.5, 0.6) is 0 Å². The van der Waals surface area contributed by atoms with Gasteiger partial charge in [0.1, 0.15) is 11.5 Å². The molecule has 0 atom stereocenters. The van der Waals surface area contributed by atoms with Gasteiger partial charge in [0.25, 0.3) is 5.91 Å². The summed E-state index contributed by atoms with van der Waals surface area (Å²) in [6.07, 6.45) is 3.07. The van der Waals surface area contributed by atoms with Crippen LogP contribution in [0.15, 0.2) is 89.4 Å². The van der Waals surface area contributed by atoms with E-state index in [1.807, 2.05) is 66.4 Å². The zero-order chi connectivity index (χ0) is 27.4. The van der Waals surface area contributed by atoms with E-state index in [1.54, 1.807) is 30.3 Å². The molecule has 5 rings (SSSR count). The van der Waals surface area contributed by atoms with Gasteiger partial charge in [0.2, 0.25) is 5.91 Å². The molecule has 3 aromatic carbocycles. The summed E-state index contributed by atoms with van der Waals surface area (Å²) in [6.45, 7) is 4.68. The van der Waals surface area contributed by atoms with Crippen molar-refractivity contribution >= 4 is 52.5 Å². The summed E-state index contributed by atoms with van der Waals surface area (Å²) in [5.74, 6) is 1.01. The van der Waals surface area contributed by atoms with Crippen LogP contribution in [0, 0.1) is 6.92 Å². The summed E-state index contributed by atoms with van der Waals surface area (Å²) in [5.41, 5.74) is 4.26. The Labute approximate surface area is 237 Å². The number of hydrogen-bond donors (Lipinski definition) is 1. The molecule has 0 radical (unpaired) electrons. The van der Waals surface area contributed by atoms with Crippen LogP contribution in [0.1, 0.15) is 21.7 Å². The van der Waals surface area contributed by atoms with Crippen molar-refractivity contribution in [1.29, 1.82) is 0 Å². The minimum atomic E-state index is -0.256. The molecule has 0 aliphatic carbocycles. The van der Waals surface area contributed by atoms with E-state index in [-0.39, 0.29) is 11.8 Å². The first-order chi connectivity index (χ1) is 18.9. The summed E-state index contributed by atoms with van der Waals surface area (Å²) in [7, 11) is 0. The molecule has 0 bridgehead atoms. The number of carbonyl (C=O) groups is 2. The lowest BCUT2D eigenvalue weighted by Crippen LogP contribution is -2.48. The Kier molecular flexibility index (Phi) is 8.05. The molecule has 0 unspecified atom stereocenters. The maximum absolute atomic E-state index is 12.7. The highest BCUT2D eigenvalue weighted by atomic mass is 35.5. The second-order valence-electron chi connectivity index (χ2n) is 9.32. The number of aryl methyl sites for hydroxylation is 1. The van der Waals surface area contributed by atoms with E-state index in [0.717, 1.165) is 29.9 Å². The zero-order valence-corrected chi connectivity index (χ0v) is 22.9. The third-order valence-electron chi connectivity index (χ3n) is 6.64. The number of carbonyl (C=O) groups excluding carboxylic acids is 2. The number of amides is 2. The summed E-state index contributed by atoms with van der Waals surface area (Å²) in [6, 6.07) is 24.1. The first-order valence-corrected chi connectivity index (χ1v) is 13.4. The van der Waals surface area contributed by atoms with Crippen LogP contribution >= 0.6 is 23.2 Å². The second-order valence-corrected chi connectivity index (χ2v) is 10.2. The van der Waals surface area contributed by atoms with Crippen LogP contribution in [-0.4, -0.2) is 42.9 Å². The van der Waals surface area contributed by atoms with Gasteiger partial charge in [-0.15, -0.1) is 0 Å². The molecule has 2 heterocycles. The van der Waals surface area contributed by atoms with E-state index in [4.69, 9.17) is 27.6 Å². The third-order valence-corrected chi connectivity index (χ3v) is 7.30. The van der Waals surface area contributed by atoms with E-state index in [2.05, 4.69) is 10.2 Å². The lowest BCUT2D eigenvalue weighted by molar-refractivity contribution is -0.111. The van der Waals surface area contributed by atoms with Gasteiger partial charge in [-0.1, -0.05) is 35.3 Å². The van der Waals surface area contributed by atoms with E-state index >= 15 is 0 Å². The Morgan fingerprint density at radius 2 is 1.59 bits per heavy atom. The fourth-order valence-corrected chi connectivity index (χ4v) is 4.69. The Morgan fingerprint density at radius 1 is 0.872 bits per heavy atom. The fourth-order valence-electron chi connectivity index (χ4n) is 4.38. The topological polar surface area (TPSA) is 65.8 Å². The van der Waals surface area contributed by atoms with Gasteiger partial charge >= 0.3 is 0 Å². The van der Waals surface area contributed by atoms with Crippen molar-refractivity contribution in [2.45, 2.75) is 6.92 Å². The summed E-state index contributed by atoms with van der Waals surface area (Å²) in [4.78, 5) is 29.3. The molecular weight excluding hydrogens is 533 g/mol. The van der Waals surface area contributed by atoms with Crippen LogP contribution in [0.25, 0.3) is 17.4 Å². The predicted octanol–water partition coefficient (Wildman–Crippen LogP) is 7.18. The molecule has 198 valence electrons. The van der Waals surface area contributed by atoms with Gasteiger partial charge in [-0.05, 0) is 85.3 Å². The highest BCUT2D eigenvalue weighted by Crippen LogP contribution is 2.27. The van der Waals surface area contributed by atoms with Crippen LogP contribution in [0.2, 0.25) is 10.0 Å². The van der Waals surface area contributed by atoms with Crippen molar-refractivity contribution in [3.63, 3.8) is 0 Å². The smallest absolute Gasteiger partial charge is 0.253 e. The molecule has 1 saturated heterocycles. The number of furan rings is 1. The van der Waals surface area contributed by atoms with Crippen molar-refractivity contribution in [2.24, 2.45) is 0 Å². The van der Waals surface area contributed by atoms with Crippen LogP contribution in [0.4, 0.5) is 11.4 Å². The van der Waals surface area contributed by atoms with E-state index in [9.17, 15) is 9.59 Å². The van der Waals surface area contributed by atoms with Gasteiger partial charge in [-0.2, -0.15) is 0 Å². The standard InChI is InChI=1S/C31H27Cl2N3O3/c1-21-2-3-23(20-28(21)33)29-14-12-27(39-29)13-15-30(37)34-25-8-10-26(11-9-25)35-16-18-36(19-17-35)31(38)22-4-6-24(32)7-5-22/h2-15,20H,16-19H2,1H3,(H,34,37)/b15-13+. The maximum Gasteiger partial charge on any atom is 0.253 e. The highest BCUT2D eigenvalue weighted by molar-refractivity contribution is 6.31. The average molecular weight is 560 g/mol. The average Bonchev–Trinajstić information content (AvgIpc) is 3.43. The maximum atomic E-state index is 12.7. The fraction of sp³-hybridized carbons (Fsp3) is 0.161. The first kappa shape index (κ1) is 26.6. The molecule has 1 fully saturated rings. The van der Waals surface area contributed by atoms with E-state index < -0.39 is 0 Å². The number of nitrogens with zero attached hydrogens (tertiary/aromatic N) is 2. The van der Waals surface area contributed by atoms with Gasteiger partial charge in [-0.25, -0.2) is 0 Å². The number of hydrogen-bond acceptors (Lipinski definition) is 4. The lowest BCUT2D eigenvalue weighted by atomic mass is 10.1. The number of halogens is 2. The zero-order valence-electron chi connectivity index (χ0n) is 21.4. The van der Waals surface area contributed by atoms with Crippen molar-refractivity contribution in [3.8, 4) is 11.3 Å². The predicted molar refractivity (Wildman–Crippen MR) is 158 cm³/mol. The number of benzene rings is 3. The van der Waals surface area contributed by atoms with Gasteiger partial charge in [-0.3, -0.25) is 9.59 Å². The summed E-state index contributed by atoms with van der Waals surface area (Å²) in [5, 5.41) is 4.17. The summed E-state index contributed by atoms with van der Waals surface area (Å²) >= 11 is 12.1. The number of anilines is 2. The van der Waals surface area contributed by atoms with Gasteiger partial charge in [0, 0.05) is 64.8 Å². The normalized spacial score (nSPS) is 13.6. The molecule has 1 aliphatic rings. The summed E-state index contributed by atoms with van der Waals surface area (Å²) < 4.78 is 5.84. The minimum Gasteiger partial charge on any atom is -0.457 e. The molecule has 1 N–H and O–H groups in total. The van der Waals surface area contributed by atoms with Crippen LogP contribution in [-0.2, 0) is 4.79 Å². The van der Waals surface area contributed by atoms with Crippen molar-refractivity contribution in [2.75, 3.05) is 36.4 Å². The second kappa shape index (κ2) is 11.8. The number of nitrogens with one attached hydrogen (secondary N) is 1. The number of piperazine rings is 1. The molecule has 4 aromatic rings. The number of rotatable bonds is 6. The molecule has 1 aliphatic heterocycles. The van der Waals surface area contributed by atoms with E-state index in [1.165, 1.54) is 6.08 Å². The van der Waals surface area contributed by atoms with Crippen molar-refractivity contribution in [3.05, 3.63) is 112 Å². The largest absolute Gasteiger partial charge is 0.457 e. The van der Waals surface area contributed by atoms with Gasteiger partial charge < -0.3 is 19.5 Å². The molecule has 6 nitrogen and oxygen atoms in total. The molecule has 0 saturated carbocycles. The molecule has 1 aromatic heterocycles. The highest BCUT2D eigenvalue weighted by Gasteiger charge is 2.22. The lowest BCUT2D eigenvalue weighted by Gasteiger charge is -2.36. The SMILES string of the molecule is Cc1ccc(-c2ccc(/C=C/C(=O)Nc3ccc(N4CCN(C(=O)c5ccc(Cl)cc5)CC4)cc3)o2)cc1Cl.